The van der Waals surface area contributed by atoms with Crippen LogP contribution >= 0.6 is 47.0 Å². The number of alkyl halides is 3. The first kappa shape index (κ1) is 19.7. The van der Waals surface area contributed by atoms with E-state index in [1.165, 1.54) is 5.56 Å². The molecular formula is C16H20Cl3N3OS. The summed E-state index contributed by atoms with van der Waals surface area (Å²) in [5.74, 6) is -0.122. The number of hydrogen-bond donors (Lipinski definition) is 1. The third-order valence-corrected chi connectivity index (χ3v) is 4.85. The van der Waals surface area contributed by atoms with E-state index in [-0.39, 0.29) is 11.3 Å². The van der Waals surface area contributed by atoms with Crippen LogP contribution in [0.3, 0.4) is 0 Å². The summed E-state index contributed by atoms with van der Waals surface area (Å²) < 4.78 is -1.89. The molecule has 1 aliphatic rings. The van der Waals surface area contributed by atoms with Crippen molar-refractivity contribution < 1.29 is 4.79 Å². The Morgan fingerprint density at radius 3 is 2.17 bits per heavy atom. The molecule has 8 heteroatoms. The number of amides is 2. The van der Waals surface area contributed by atoms with Crippen molar-refractivity contribution in [1.82, 2.24) is 10.4 Å². The van der Waals surface area contributed by atoms with E-state index in [0.29, 0.717) is 5.69 Å². The van der Waals surface area contributed by atoms with E-state index in [4.69, 9.17) is 47.0 Å². The van der Waals surface area contributed by atoms with Crippen LogP contribution in [0.25, 0.3) is 0 Å². The molecule has 0 bridgehead atoms. The van der Waals surface area contributed by atoms with Gasteiger partial charge in [-0.05, 0) is 28.5 Å². The number of urea groups is 1. The van der Waals surface area contributed by atoms with Gasteiger partial charge in [-0.3, -0.25) is 4.90 Å². The summed E-state index contributed by atoms with van der Waals surface area (Å²) in [5.41, 5.74) is 4.85. The largest absolute Gasteiger partial charge is 0.343 e. The standard InChI is InChI=1S/C16H20Cl3N3OS/c1-10(9-24)13-20-22(16(17,18)19)14(23)21(13)12-7-5-11(6-8-12)15(2,3)4/h5-10,13,20H,1-4H3. The van der Waals surface area contributed by atoms with Crippen molar-refractivity contribution in [2.75, 3.05) is 4.90 Å². The van der Waals surface area contributed by atoms with Gasteiger partial charge in [-0.25, -0.2) is 15.2 Å². The lowest BCUT2D eigenvalue weighted by molar-refractivity contribution is 0.196. The zero-order valence-corrected chi connectivity index (χ0v) is 17.0. The van der Waals surface area contributed by atoms with Crippen LogP contribution in [0, 0.1) is 5.92 Å². The van der Waals surface area contributed by atoms with Crippen molar-refractivity contribution in [3.8, 4) is 0 Å². The summed E-state index contributed by atoms with van der Waals surface area (Å²) in [6.07, 6.45) is -0.425. The van der Waals surface area contributed by atoms with Gasteiger partial charge in [0.05, 0.1) is 0 Å². The molecule has 1 fully saturated rings. The smallest absolute Gasteiger partial charge is 0.275 e. The molecule has 24 heavy (non-hydrogen) atoms. The Balaban J connectivity index is 2.40. The average molecular weight is 409 g/mol. The van der Waals surface area contributed by atoms with E-state index in [1.54, 1.807) is 10.3 Å². The summed E-state index contributed by atoms with van der Waals surface area (Å²) in [6, 6.07) is 7.35. The minimum absolute atomic E-state index is 0.0243. The number of hydrogen-bond acceptors (Lipinski definition) is 3. The van der Waals surface area contributed by atoms with E-state index in [0.717, 1.165) is 5.01 Å². The number of hydrazine groups is 1. The first-order valence-electron chi connectivity index (χ1n) is 7.49. The van der Waals surface area contributed by atoms with Crippen LogP contribution in [0.4, 0.5) is 10.5 Å². The Morgan fingerprint density at radius 1 is 1.21 bits per heavy atom. The van der Waals surface area contributed by atoms with Crippen LogP contribution < -0.4 is 10.3 Å². The van der Waals surface area contributed by atoms with Gasteiger partial charge in [-0.2, -0.15) is 0 Å². The topological polar surface area (TPSA) is 35.6 Å². The lowest BCUT2D eigenvalue weighted by Crippen LogP contribution is -2.46. The summed E-state index contributed by atoms with van der Waals surface area (Å²) in [7, 11) is 0. The van der Waals surface area contributed by atoms with Gasteiger partial charge in [-0.1, -0.05) is 86.8 Å². The summed E-state index contributed by atoms with van der Waals surface area (Å²) in [6.45, 7) is 8.29. The van der Waals surface area contributed by atoms with Crippen molar-refractivity contribution in [2.45, 2.75) is 43.2 Å². The second-order valence-electron chi connectivity index (χ2n) is 6.82. The van der Waals surface area contributed by atoms with Gasteiger partial charge in [0.1, 0.15) is 6.17 Å². The highest BCUT2D eigenvalue weighted by Gasteiger charge is 2.48. The van der Waals surface area contributed by atoms with Crippen LogP contribution in [0.1, 0.15) is 33.3 Å². The highest BCUT2D eigenvalue weighted by atomic mass is 35.6. The van der Waals surface area contributed by atoms with Crippen LogP contribution in [-0.4, -0.2) is 26.5 Å². The quantitative estimate of drug-likeness (QED) is 0.433. The Bertz CT molecular complexity index is 625. The second kappa shape index (κ2) is 6.96. The molecule has 1 heterocycles. The minimum Gasteiger partial charge on any atom is -0.275 e. The fraction of sp³-hybridized carbons (Fsp3) is 0.500. The van der Waals surface area contributed by atoms with Crippen molar-refractivity contribution in [3.05, 3.63) is 29.8 Å². The number of nitrogens with zero attached hydrogens (tertiary/aromatic N) is 2. The van der Waals surface area contributed by atoms with Crippen LogP contribution in [0.15, 0.2) is 24.3 Å². The lowest BCUT2D eigenvalue weighted by atomic mass is 9.87. The van der Waals surface area contributed by atoms with E-state index in [2.05, 4.69) is 26.2 Å². The minimum atomic E-state index is -1.89. The number of benzene rings is 1. The predicted octanol–water partition coefficient (Wildman–Crippen LogP) is 5.02. The van der Waals surface area contributed by atoms with Gasteiger partial charge < -0.3 is 0 Å². The number of halogens is 3. The zero-order chi connectivity index (χ0) is 18.3. The summed E-state index contributed by atoms with van der Waals surface area (Å²) in [4.78, 5) is 14.3. The molecular weight excluding hydrogens is 389 g/mol. The molecule has 2 rings (SSSR count). The molecule has 2 atom stereocenters. The Kier molecular flexibility index (Phi) is 5.72. The summed E-state index contributed by atoms with van der Waals surface area (Å²) >= 11 is 22.7. The number of carbonyl (C=O) groups is 1. The molecule has 0 spiro atoms. The van der Waals surface area contributed by atoms with Crippen molar-refractivity contribution in [1.29, 1.82) is 0 Å². The third kappa shape index (κ3) is 3.97. The molecule has 1 saturated heterocycles. The first-order chi connectivity index (χ1) is 11.0. The van der Waals surface area contributed by atoms with Crippen LogP contribution in [0.5, 0.6) is 0 Å². The van der Waals surface area contributed by atoms with Gasteiger partial charge in [0, 0.05) is 11.6 Å². The van der Waals surface area contributed by atoms with Crippen molar-refractivity contribution in [2.24, 2.45) is 5.92 Å². The highest BCUT2D eigenvalue weighted by Crippen LogP contribution is 2.36. The highest BCUT2D eigenvalue weighted by molar-refractivity contribution is 7.79. The Hall–Kier alpha value is -0.590. The number of rotatable bonds is 3. The van der Waals surface area contributed by atoms with Gasteiger partial charge in [-0.15, -0.1) is 0 Å². The van der Waals surface area contributed by atoms with Gasteiger partial charge in [0.25, 0.3) is 3.92 Å². The van der Waals surface area contributed by atoms with Crippen molar-refractivity contribution in [3.63, 3.8) is 0 Å². The molecule has 2 amide bonds. The Morgan fingerprint density at radius 2 is 1.75 bits per heavy atom. The molecule has 1 N–H and O–H groups in total. The molecule has 2 unspecified atom stereocenters. The van der Waals surface area contributed by atoms with Gasteiger partial charge >= 0.3 is 6.03 Å². The van der Waals surface area contributed by atoms with E-state index in [1.807, 2.05) is 31.2 Å². The van der Waals surface area contributed by atoms with Crippen molar-refractivity contribution >= 4 is 64.1 Å². The van der Waals surface area contributed by atoms with Crippen LogP contribution in [0.2, 0.25) is 0 Å². The number of nitrogens with one attached hydrogen (secondary N) is 1. The molecule has 4 nitrogen and oxygen atoms in total. The molecule has 0 saturated carbocycles. The summed E-state index contributed by atoms with van der Waals surface area (Å²) in [5, 5.41) is 2.58. The maximum absolute atomic E-state index is 12.8. The second-order valence-corrected chi connectivity index (χ2v) is 9.32. The number of thiocarbonyl (C=S) groups is 1. The van der Waals surface area contributed by atoms with Gasteiger partial charge in [0.2, 0.25) is 0 Å². The van der Waals surface area contributed by atoms with E-state index in [9.17, 15) is 4.79 Å². The fourth-order valence-corrected chi connectivity index (χ4v) is 2.99. The maximum Gasteiger partial charge on any atom is 0.343 e. The fourth-order valence-electron chi connectivity index (χ4n) is 2.47. The SMILES string of the molecule is CC(C=S)C1NN(C(Cl)(Cl)Cl)C(=O)N1c1ccc(C(C)(C)C)cc1. The molecule has 0 aromatic heterocycles. The molecule has 132 valence electrons. The number of anilines is 1. The average Bonchev–Trinajstić information content (AvgIpc) is 2.83. The molecule has 1 aromatic carbocycles. The zero-order valence-electron chi connectivity index (χ0n) is 13.9. The van der Waals surface area contributed by atoms with E-state index < -0.39 is 16.1 Å². The molecule has 1 aromatic rings. The van der Waals surface area contributed by atoms with Crippen LogP contribution in [-0.2, 0) is 5.41 Å². The molecule has 0 aliphatic carbocycles. The number of carbonyl (C=O) groups excluding carboxylic acids is 1. The molecule has 0 radical (unpaired) electrons. The first-order valence-corrected chi connectivity index (χ1v) is 9.09. The third-order valence-electron chi connectivity index (χ3n) is 3.91. The predicted molar refractivity (Wildman–Crippen MR) is 105 cm³/mol. The monoisotopic (exact) mass is 407 g/mol. The maximum atomic E-state index is 12.8. The Labute approximate surface area is 163 Å². The lowest BCUT2D eigenvalue weighted by Gasteiger charge is -2.26. The van der Waals surface area contributed by atoms with Gasteiger partial charge in [0.15, 0.2) is 0 Å². The van der Waals surface area contributed by atoms with E-state index >= 15 is 0 Å². The molecule has 1 aliphatic heterocycles. The normalized spacial score (nSPS) is 20.5.